The molecule has 2 atom stereocenters. The second kappa shape index (κ2) is 10.5. The van der Waals surface area contributed by atoms with Gasteiger partial charge in [-0.3, -0.25) is 9.59 Å². The quantitative estimate of drug-likeness (QED) is 0.607. The molecule has 1 fully saturated rings. The van der Waals surface area contributed by atoms with Crippen LogP contribution in [0.5, 0.6) is 0 Å². The lowest BCUT2D eigenvalue weighted by molar-refractivity contribution is -0.131. The van der Waals surface area contributed by atoms with Gasteiger partial charge in [0.2, 0.25) is 21.8 Å². The van der Waals surface area contributed by atoms with Crippen LogP contribution in [-0.4, -0.2) is 43.3 Å². The maximum Gasteiger partial charge on any atom is 0.243 e. The molecule has 0 bridgehead atoms. The molecule has 0 aromatic heterocycles. The van der Waals surface area contributed by atoms with Gasteiger partial charge in [0.05, 0.1) is 4.90 Å². The van der Waals surface area contributed by atoms with Gasteiger partial charge in [-0.05, 0) is 30.5 Å². The molecule has 2 amide bonds. The van der Waals surface area contributed by atoms with Crippen molar-refractivity contribution in [3.63, 3.8) is 0 Å². The molecule has 1 aliphatic rings. The van der Waals surface area contributed by atoms with Crippen LogP contribution in [-0.2, 0) is 26.0 Å². The summed E-state index contributed by atoms with van der Waals surface area (Å²) < 4.78 is 27.8. The van der Waals surface area contributed by atoms with E-state index in [0.29, 0.717) is 19.3 Å². The first-order chi connectivity index (χ1) is 15.6. The first-order valence-corrected chi connectivity index (χ1v) is 12.8. The van der Waals surface area contributed by atoms with E-state index in [0.717, 1.165) is 12.0 Å². The Morgan fingerprint density at radius 3 is 2.18 bits per heavy atom. The normalized spacial score (nSPS) is 18.3. The monoisotopic (exact) mass is 471 g/mol. The lowest BCUT2D eigenvalue weighted by Gasteiger charge is -2.35. The summed E-state index contributed by atoms with van der Waals surface area (Å²) in [7, 11) is -3.81. The minimum Gasteiger partial charge on any atom is -0.335 e. The number of sulfonamides is 1. The van der Waals surface area contributed by atoms with Crippen molar-refractivity contribution in [2.24, 2.45) is 5.41 Å². The molecule has 8 heteroatoms. The third kappa shape index (κ3) is 6.42. The van der Waals surface area contributed by atoms with E-state index in [1.807, 2.05) is 30.3 Å². The van der Waals surface area contributed by atoms with Crippen molar-refractivity contribution in [2.75, 3.05) is 6.54 Å². The largest absolute Gasteiger partial charge is 0.335 e. The summed E-state index contributed by atoms with van der Waals surface area (Å²) in [5, 5.41) is 5.84. The number of piperidine rings is 1. The molecule has 0 radical (unpaired) electrons. The SMILES string of the molecule is CC(C)(C)C(=O)N[C@H](Cc1ccccc1)NC(=O)[C@@H]1CCCCN1S(=O)(=O)c1ccccc1. The zero-order valence-electron chi connectivity index (χ0n) is 19.5. The molecule has 1 saturated heterocycles. The Balaban J connectivity index is 1.82. The van der Waals surface area contributed by atoms with E-state index in [1.54, 1.807) is 51.1 Å². The highest BCUT2D eigenvalue weighted by Gasteiger charge is 2.38. The van der Waals surface area contributed by atoms with Crippen LogP contribution in [0.25, 0.3) is 0 Å². The second-order valence-electron chi connectivity index (χ2n) is 9.41. The van der Waals surface area contributed by atoms with E-state index in [9.17, 15) is 18.0 Å². The van der Waals surface area contributed by atoms with Crippen molar-refractivity contribution >= 4 is 21.8 Å². The van der Waals surface area contributed by atoms with E-state index in [1.165, 1.54) is 4.31 Å². The molecule has 33 heavy (non-hydrogen) atoms. The van der Waals surface area contributed by atoms with Crippen LogP contribution in [0.2, 0.25) is 0 Å². The van der Waals surface area contributed by atoms with Gasteiger partial charge in [0.25, 0.3) is 0 Å². The summed E-state index contributed by atoms with van der Waals surface area (Å²) in [6, 6.07) is 16.9. The minimum absolute atomic E-state index is 0.173. The molecular formula is C25H33N3O4S. The van der Waals surface area contributed by atoms with Gasteiger partial charge >= 0.3 is 0 Å². The van der Waals surface area contributed by atoms with Crippen LogP contribution in [0.15, 0.2) is 65.6 Å². The Bertz CT molecular complexity index is 1050. The average molecular weight is 472 g/mol. The average Bonchev–Trinajstić information content (AvgIpc) is 2.79. The zero-order valence-corrected chi connectivity index (χ0v) is 20.3. The van der Waals surface area contributed by atoms with Gasteiger partial charge in [0, 0.05) is 18.4 Å². The molecule has 1 aliphatic heterocycles. The fraction of sp³-hybridized carbons (Fsp3) is 0.440. The molecule has 3 rings (SSSR count). The van der Waals surface area contributed by atoms with Crippen molar-refractivity contribution in [3.05, 3.63) is 66.2 Å². The van der Waals surface area contributed by atoms with Gasteiger partial charge in [-0.2, -0.15) is 4.31 Å². The molecule has 1 heterocycles. The molecule has 7 nitrogen and oxygen atoms in total. The van der Waals surface area contributed by atoms with Crippen molar-refractivity contribution < 1.29 is 18.0 Å². The van der Waals surface area contributed by atoms with Gasteiger partial charge in [0.15, 0.2) is 0 Å². The summed E-state index contributed by atoms with van der Waals surface area (Å²) in [6.07, 6.45) is 1.63. The summed E-state index contributed by atoms with van der Waals surface area (Å²) >= 11 is 0. The van der Waals surface area contributed by atoms with E-state index < -0.39 is 33.6 Å². The molecular weight excluding hydrogens is 438 g/mol. The van der Waals surface area contributed by atoms with E-state index in [2.05, 4.69) is 10.6 Å². The molecule has 2 aromatic rings. The smallest absolute Gasteiger partial charge is 0.243 e. The Morgan fingerprint density at radius 2 is 1.58 bits per heavy atom. The predicted octanol–water partition coefficient (Wildman–Crippen LogP) is 3.08. The maximum atomic E-state index is 13.3. The van der Waals surface area contributed by atoms with Crippen molar-refractivity contribution in [1.29, 1.82) is 0 Å². The second-order valence-corrected chi connectivity index (χ2v) is 11.3. The Morgan fingerprint density at radius 1 is 0.970 bits per heavy atom. The molecule has 2 aromatic carbocycles. The number of amides is 2. The standard InChI is InChI=1S/C25H33N3O4S/c1-25(2,3)24(30)27-22(18-19-12-6-4-7-13-19)26-23(29)21-16-10-11-17-28(21)33(31,32)20-14-8-5-9-15-20/h4-9,12-15,21-22H,10-11,16-18H2,1-3H3,(H,26,29)(H,27,30)/t21-,22+/m0/s1. The van der Waals surface area contributed by atoms with Gasteiger partial charge < -0.3 is 10.6 Å². The lowest BCUT2D eigenvalue weighted by Crippen LogP contribution is -2.58. The van der Waals surface area contributed by atoms with Crippen molar-refractivity contribution in [2.45, 2.75) is 63.6 Å². The predicted molar refractivity (Wildman–Crippen MR) is 128 cm³/mol. The van der Waals surface area contributed by atoms with E-state index in [-0.39, 0.29) is 17.3 Å². The van der Waals surface area contributed by atoms with E-state index in [4.69, 9.17) is 0 Å². The summed E-state index contributed by atoms with van der Waals surface area (Å²) in [5.74, 6) is -0.592. The number of carbonyl (C=O) groups excluding carboxylic acids is 2. The fourth-order valence-corrected chi connectivity index (χ4v) is 5.49. The van der Waals surface area contributed by atoms with Crippen LogP contribution >= 0.6 is 0 Å². The molecule has 2 N–H and O–H groups in total. The fourth-order valence-electron chi connectivity index (χ4n) is 3.81. The third-order valence-corrected chi connectivity index (χ3v) is 7.61. The molecule has 0 aliphatic carbocycles. The van der Waals surface area contributed by atoms with E-state index >= 15 is 0 Å². The number of hydrogen-bond donors (Lipinski definition) is 2. The van der Waals surface area contributed by atoms with Crippen molar-refractivity contribution in [1.82, 2.24) is 14.9 Å². The van der Waals surface area contributed by atoms with Crippen molar-refractivity contribution in [3.8, 4) is 0 Å². The number of nitrogens with one attached hydrogen (secondary N) is 2. The Labute approximate surface area is 196 Å². The Hall–Kier alpha value is -2.71. The maximum absolute atomic E-state index is 13.3. The molecule has 0 spiro atoms. The summed E-state index contributed by atoms with van der Waals surface area (Å²) in [4.78, 5) is 26.2. The Kier molecular flexibility index (Phi) is 7.92. The highest BCUT2D eigenvalue weighted by atomic mass is 32.2. The minimum atomic E-state index is -3.81. The van der Waals surface area contributed by atoms with Crippen LogP contribution in [0.3, 0.4) is 0 Å². The van der Waals surface area contributed by atoms with Crippen LogP contribution in [0, 0.1) is 5.41 Å². The topological polar surface area (TPSA) is 95.6 Å². The first kappa shape index (κ1) is 24.9. The number of carbonyl (C=O) groups is 2. The molecule has 0 unspecified atom stereocenters. The highest BCUT2D eigenvalue weighted by molar-refractivity contribution is 7.89. The van der Waals surface area contributed by atoms with Gasteiger partial charge in [-0.1, -0.05) is 75.7 Å². The number of benzene rings is 2. The van der Waals surface area contributed by atoms with Gasteiger partial charge in [-0.25, -0.2) is 8.42 Å². The highest BCUT2D eigenvalue weighted by Crippen LogP contribution is 2.25. The first-order valence-electron chi connectivity index (χ1n) is 11.3. The van der Waals surface area contributed by atoms with Gasteiger partial charge in [-0.15, -0.1) is 0 Å². The van der Waals surface area contributed by atoms with Crippen LogP contribution in [0.4, 0.5) is 0 Å². The zero-order chi connectivity index (χ0) is 24.1. The van der Waals surface area contributed by atoms with Gasteiger partial charge in [0.1, 0.15) is 12.2 Å². The van der Waals surface area contributed by atoms with Crippen LogP contribution in [0.1, 0.15) is 45.6 Å². The lowest BCUT2D eigenvalue weighted by atomic mass is 9.95. The number of hydrogen-bond acceptors (Lipinski definition) is 4. The summed E-state index contributed by atoms with van der Waals surface area (Å²) in [6.45, 7) is 5.70. The summed E-state index contributed by atoms with van der Waals surface area (Å²) in [5.41, 5.74) is 0.321. The number of nitrogens with zero attached hydrogens (tertiary/aromatic N) is 1. The number of rotatable bonds is 7. The molecule has 0 saturated carbocycles. The van der Waals surface area contributed by atoms with Crippen LogP contribution < -0.4 is 10.6 Å². The molecule has 178 valence electrons. The third-order valence-electron chi connectivity index (χ3n) is 5.69.